The highest BCUT2D eigenvalue weighted by Gasteiger charge is 2.14. The minimum Gasteiger partial charge on any atom is -0.341 e. The molecule has 2 heteroatoms. The zero-order chi connectivity index (χ0) is 4.41. The standard InChI is InChI=1S/C4H6FO/c5-4-2-1-3-6-4/h1-3H2. The highest BCUT2D eigenvalue weighted by atomic mass is 19.1. The van der Waals surface area contributed by atoms with E-state index >= 15 is 0 Å². The molecule has 1 radical (unpaired) electrons. The Labute approximate surface area is 36.1 Å². The lowest BCUT2D eigenvalue weighted by Gasteiger charge is -1.86. The van der Waals surface area contributed by atoms with Gasteiger partial charge in [-0.05, 0) is 6.42 Å². The number of rotatable bonds is 0. The Morgan fingerprint density at radius 1 is 1.67 bits per heavy atom. The fourth-order valence-corrected chi connectivity index (χ4v) is 0.466. The molecule has 0 N–H and O–H groups in total. The van der Waals surface area contributed by atoms with Crippen LogP contribution in [0.1, 0.15) is 12.8 Å². The van der Waals surface area contributed by atoms with Crippen molar-refractivity contribution in [1.29, 1.82) is 0 Å². The molecule has 0 spiro atoms. The molecule has 1 aliphatic rings. The summed E-state index contributed by atoms with van der Waals surface area (Å²) in [5.74, 6) is 0. The fraction of sp³-hybridized carbons (Fsp3) is 0.750. The van der Waals surface area contributed by atoms with Crippen LogP contribution in [0.4, 0.5) is 4.39 Å². The molecular weight excluding hydrogens is 83.0 g/mol. The second kappa shape index (κ2) is 1.56. The van der Waals surface area contributed by atoms with Gasteiger partial charge in [0.2, 0.25) is 0 Å². The van der Waals surface area contributed by atoms with Gasteiger partial charge in [-0.3, -0.25) is 0 Å². The lowest BCUT2D eigenvalue weighted by Crippen LogP contribution is -1.80. The average molecular weight is 89.1 g/mol. The highest BCUT2D eigenvalue weighted by molar-refractivity contribution is 4.67. The van der Waals surface area contributed by atoms with Crippen molar-refractivity contribution in [3.05, 3.63) is 6.36 Å². The number of ether oxygens (including phenoxy) is 1. The molecule has 35 valence electrons. The van der Waals surface area contributed by atoms with E-state index in [0.29, 0.717) is 13.0 Å². The second-order valence-electron chi connectivity index (χ2n) is 1.31. The van der Waals surface area contributed by atoms with Gasteiger partial charge in [0.05, 0.1) is 6.61 Å². The van der Waals surface area contributed by atoms with E-state index in [1.807, 2.05) is 0 Å². The van der Waals surface area contributed by atoms with Crippen LogP contribution in [0, 0.1) is 6.36 Å². The fourth-order valence-electron chi connectivity index (χ4n) is 0.466. The molecule has 0 atom stereocenters. The minimum atomic E-state index is -0.296. The zero-order valence-electron chi connectivity index (χ0n) is 3.41. The van der Waals surface area contributed by atoms with Crippen molar-refractivity contribution in [1.82, 2.24) is 0 Å². The predicted molar refractivity (Wildman–Crippen MR) is 19.5 cm³/mol. The van der Waals surface area contributed by atoms with Crippen LogP contribution in [0.3, 0.4) is 0 Å². The molecule has 0 aromatic rings. The van der Waals surface area contributed by atoms with Gasteiger partial charge in [0.25, 0.3) is 6.36 Å². The monoisotopic (exact) mass is 89.0 g/mol. The molecule has 0 saturated carbocycles. The van der Waals surface area contributed by atoms with Crippen molar-refractivity contribution in [2.75, 3.05) is 6.61 Å². The van der Waals surface area contributed by atoms with Crippen LogP contribution in [0.5, 0.6) is 0 Å². The summed E-state index contributed by atoms with van der Waals surface area (Å²) in [6.45, 7) is 0.575. The van der Waals surface area contributed by atoms with Gasteiger partial charge in [0, 0.05) is 6.42 Å². The minimum absolute atomic E-state index is 0.296. The third-order valence-electron chi connectivity index (χ3n) is 0.776. The number of hydrogen-bond donors (Lipinski definition) is 0. The Morgan fingerprint density at radius 2 is 2.50 bits per heavy atom. The molecule has 6 heavy (non-hydrogen) atoms. The van der Waals surface area contributed by atoms with Gasteiger partial charge in [0.1, 0.15) is 0 Å². The van der Waals surface area contributed by atoms with Crippen LogP contribution in [0.15, 0.2) is 0 Å². The predicted octanol–water partition coefficient (Wildman–Crippen LogP) is 1.26. The summed E-state index contributed by atoms with van der Waals surface area (Å²) in [7, 11) is 0. The van der Waals surface area contributed by atoms with E-state index in [1.54, 1.807) is 0 Å². The highest BCUT2D eigenvalue weighted by Crippen LogP contribution is 2.19. The van der Waals surface area contributed by atoms with Crippen LogP contribution in [-0.2, 0) is 4.74 Å². The summed E-state index contributed by atoms with van der Waals surface area (Å²) in [5.41, 5.74) is 0. The summed E-state index contributed by atoms with van der Waals surface area (Å²) in [5, 5.41) is 0. The van der Waals surface area contributed by atoms with E-state index in [4.69, 9.17) is 0 Å². The molecule has 1 nitrogen and oxygen atoms in total. The van der Waals surface area contributed by atoms with Crippen molar-refractivity contribution in [2.45, 2.75) is 12.8 Å². The van der Waals surface area contributed by atoms with Crippen molar-refractivity contribution >= 4 is 0 Å². The molecular formula is C4H6FO. The molecule has 0 aromatic carbocycles. The first kappa shape index (κ1) is 4.06. The van der Waals surface area contributed by atoms with Crippen molar-refractivity contribution in [3.63, 3.8) is 0 Å². The lowest BCUT2D eigenvalue weighted by atomic mass is 10.4. The largest absolute Gasteiger partial charge is 0.341 e. The Bertz CT molecular complexity index is 40.8. The maximum absolute atomic E-state index is 11.6. The summed E-state index contributed by atoms with van der Waals surface area (Å²) >= 11 is 0. The normalized spacial score (nSPS) is 25.5. The molecule has 1 saturated heterocycles. The number of hydrogen-bond acceptors (Lipinski definition) is 1. The summed E-state index contributed by atoms with van der Waals surface area (Å²) < 4.78 is 16.0. The van der Waals surface area contributed by atoms with Crippen molar-refractivity contribution in [3.8, 4) is 0 Å². The first-order valence-corrected chi connectivity index (χ1v) is 2.04. The van der Waals surface area contributed by atoms with Crippen LogP contribution in [-0.4, -0.2) is 6.61 Å². The van der Waals surface area contributed by atoms with Gasteiger partial charge in [-0.2, -0.15) is 0 Å². The van der Waals surface area contributed by atoms with E-state index in [9.17, 15) is 4.39 Å². The lowest BCUT2D eigenvalue weighted by molar-refractivity contribution is 0.111. The van der Waals surface area contributed by atoms with E-state index in [2.05, 4.69) is 4.74 Å². The summed E-state index contributed by atoms with van der Waals surface area (Å²) in [6.07, 6.45) is 1.07. The van der Waals surface area contributed by atoms with Gasteiger partial charge in [0.15, 0.2) is 0 Å². The van der Waals surface area contributed by atoms with E-state index in [0.717, 1.165) is 6.42 Å². The van der Waals surface area contributed by atoms with E-state index in [1.165, 1.54) is 0 Å². The molecule has 1 aliphatic heterocycles. The Balaban J connectivity index is 2.18. The SMILES string of the molecule is F[C]1CCCO1. The first-order valence-electron chi connectivity index (χ1n) is 2.04. The zero-order valence-corrected chi connectivity index (χ0v) is 3.41. The molecule has 0 aliphatic carbocycles. The van der Waals surface area contributed by atoms with E-state index < -0.39 is 0 Å². The smallest absolute Gasteiger partial charge is 0.268 e. The van der Waals surface area contributed by atoms with Crippen molar-refractivity contribution < 1.29 is 9.13 Å². The average Bonchev–Trinajstić information content (AvgIpc) is 1.86. The quantitative estimate of drug-likeness (QED) is 0.434. The van der Waals surface area contributed by atoms with Gasteiger partial charge < -0.3 is 4.74 Å². The van der Waals surface area contributed by atoms with Gasteiger partial charge in [-0.25, -0.2) is 4.39 Å². The Morgan fingerprint density at radius 3 is 2.67 bits per heavy atom. The van der Waals surface area contributed by atoms with Crippen LogP contribution in [0.25, 0.3) is 0 Å². The summed E-state index contributed by atoms with van der Waals surface area (Å²) in [6, 6.07) is 0. The topological polar surface area (TPSA) is 9.23 Å². The first-order chi connectivity index (χ1) is 2.89. The van der Waals surface area contributed by atoms with Gasteiger partial charge in [-0.15, -0.1) is 0 Å². The molecule has 0 amide bonds. The molecule has 0 aromatic heterocycles. The van der Waals surface area contributed by atoms with Crippen LogP contribution < -0.4 is 0 Å². The van der Waals surface area contributed by atoms with Crippen LogP contribution in [0.2, 0.25) is 0 Å². The molecule has 1 rings (SSSR count). The van der Waals surface area contributed by atoms with Crippen molar-refractivity contribution in [2.24, 2.45) is 0 Å². The van der Waals surface area contributed by atoms with Crippen LogP contribution >= 0.6 is 0 Å². The second-order valence-corrected chi connectivity index (χ2v) is 1.31. The Kier molecular flexibility index (Phi) is 1.05. The Hall–Kier alpha value is -0.110. The van der Waals surface area contributed by atoms with Gasteiger partial charge in [-0.1, -0.05) is 0 Å². The molecule has 1 fully saturated rings. The third kappa shape index (κ3) is 0.684. The molecule has 1 heterocycles. The maximum Gasteiger partial charge on any atom is 0.268 e. The summed E-state index contributed by atoms with van der Waals surface area (Å²) in [4.78, 5) is 0. The van der Waals surface area contributed by atoms with Gasteiger partial charge >= 0.3 is 0 Å². The molecule has 0 unspecified atom stereocenters. The third-order valence-corrected chi connectivity index (χ3v) is 0.776. The van der Waals surface area contributed by atoms with E-state index in [-0.39, 0.29) is 6.36 Å². The number of halogens is 1. The maximum atomic E-state index is 11.6. The molecule has 0 bridgehead atoms.